The number of methoxy groups -OCH3 is 1. The van der Waals surface area contributed by atoms with Crippen LogP contribution in [-0.4, -0.2) is 24.1 Å². The molecule has 0 unspecified atom stereocenters. The Labute approximate surface area is 206 Å². The Morgan fingerprint density at radius 3 is 2.31 bits per heavy atom. The van der Waals surface area contributed by atoms with E-state index in [4.69, 9.17) is 4.74 Å². The number of benzene rings is 3. The van der Waals surface area contributed by atoms with Crippen LogP contribution in [-0.2, 0) is 11.2 Å². The maximum absolute atomic E-state index is 13.4. The van der Waals surface area contributed by atoms with Gasteiger partial charge in [-0.1, -0.05) is 60.7 Å². The lowest BCUT2D eigenvalue weighted by molar-refractivity contribution is -0.115. The van der Waals surface area contributed by atoms with Gasteiger partial charge in [-0.3, -0.25) is 14.2 Å². The number of hydrogen-bond acceptors (Lipinski definition) is 5. The number of nitrogens with zero attached hydrogens (tertiary/aromatic N) is 2. The molecule has 0 bridgehead atoms. The minimum atomic E-state index is -0.509. The van der Waals surface area contributed by atoms with Gasteiger partial charge < -0.3 is 10.1 Å². The molecular weight excluding hydrogens is 458 g/mol. The molecule has 0 atom stereocenters. The predicted molar refractivity (Wildman–Crippen MR) is 138 cm³/mol. The van der Waals surface area contributed by atoms with Crippen LogP contribution in [0.25, 0.3) is 17.3 Å². The van der Waals surface area contributed by atoms with E-state index in [1.165, 1.54) is 4.57 Å². The molecule has 1 aromatic heterocycles. The molecule has 0 saturated carbocycles. The molecule has 7 heteroatoms. The topological polar surface area (TPSA) is 84.1 Å². The molecule has 0 aliphatic carbocycles. The SMILES string of the molecule is COc1ccc(/C=c2/s/c(=C(/C#N)C(=O)NCCc3ccccc3)n(-c3ccccc3)c2=O)cc1. The number of nitrogens with one attached hydrogen (secondary N) is 1. The second-order valence-electron chi connectivity index (χ2n) is 7.64. The molecule has 35 heavy (non-hydrogen) atoms. The van der Waals surface area contributed by atoms with E-state index >= 15 is 0 Å². The molecule has 4 rings (SSSR count). The van der Waals surface area contributed by atoms with Gasteiger partial charge in [0.15, 0.2) is 5.57 Å². The summed E-state index contributed by atoms with van der Waals surface area (Å²) in [5.74, 6) is 0.202. The fourth-order valence-corrected chi connectivity index (χ4v) is 4.66. The van der Waals surface area contributed by atoms with E-state index in [-0.39, 0.29) is 11.1 Å². The molecule has 0 aliphatic rings. The molecule has 4 aromatic rings. The molecule has 0 aliphatic heterocycles. The number of amides is 1. The average Bonchev–Trinajstić information content (AvgIpc) is 3.21. The van der Waals surface area contributed by atoms with Crippen LogP contribution < -0.4 is 24.8 Å². The Kier molecular flexibility index (Phi) is 7.56. The second-order valence-corrected chi connectivity index (χ2v) is 8.67. The fourth-order valence-electron chi connectivity index (χ4n) is 3.56. The number of hydrogen-bond donors (Lipinski definition) is 1. The van der Waals surface area contributed by atoms with Crippen molar-refractivity contribution in [2.75, 3.05) is 13.7 Å². The van der Waals surface area contributed by atoms with Gasteiger partial charge in [-0.25, -0.2) is 0 Å². The Hall–Kier alpha value is -4.41. The summed E-state index contributed by atoms with van der Waals surface area (Å²) in [5, 5.41) is 12.7. The van der Waals surface area contributed by atoms with Crippen molar-refractivity contribution in [3.63, 3.8) is 0 Å². The van der Waals surface area contributed by atoms with Crippen LogP contribution in [0.3, 0.4) is 0 Å². The molecule has 0 fully saturated rings. The van der Waals surface area contributed by atoms with Gasteiger partial charge in [0.1, 0.15) is 16.5 Å². The summed E-state index contributed by atoms with van der Waals surface area (Å²) in [4.78, 5) is 26.4. The molecule has 1 amide bonds. The highest BCUT2D eigenvalue weighted by Crippen LogP contribution is 2.11. The summed E-state index contributed by atoms with van der Waals surface area (Å²) in [5.41, 5.74) is 2.08. The van der Waals surface area contributed by atoms with Crippen LogP contribution in [0.15, 0.2) is 89.7 Å². The van der Waals surface area contributed by atoms with E-state index in [9.17, 15) is 14.9 Å². The molecule has 0 radical (unpaired) electrons. The van der Waals surface area contributed by atoms with Gasteiger partial charge in [0.05, 0.1) is 17.3 Å². The molecule has 0 spiro atoms. The average molecular weight is 482 g/mol. The molecule has 1 N–H and O–H groups in total. The first-order chi connectivity index (χ1) is 17.1. The Bertz CT molecular complexity index is 1530. The van der Waals surface area contributed by atoms with E-state index in [1.54, 1.807) is 25.3 Å². The van der Waals surface area contributed by atoms with E-state index in [2.05, 4.69) is 5.32 Å². The summed E-state index contributed by atoms with van der Waals surface area (Å²) in [6, 6.07) is 28.1. The number of thiazole rings is 1. The van der Waals surface area contributed by atoms with Crippen LogP contribution in [0.5, 0.6) is 5.75 Å². The first kappa shape index (κ1) is 23.7. The maximum atomic E-state index is 13.4. The fraction of sp³-hybridized carbons (Fsp3) is 0.107. The Balaban J connectivity index is 1.78. The number of para-hydroxylation sites is 1. The zero-order chi connectivity index (χ0) is 24.6. The minimum absolute atomic E-state index is 0.0987. The van der Waals surface area contributed by atoms with Gasteiger partial charge in [0, 0.05) is 6.54 Å². The Morgan fingerprint density at radius 2 is 1.69 bits per heavy atom. The Morgan fingerprint density at radius 1 is 1.03 bits per heavy atom. The zero-order valence-corrected chi connectivity index (χ0v) is 19.9. The van der Waals surface area contributed by atoms with Gasteiger partial charge in [-0.2, -0.15) is 5.26 Å². The molecule has 0 saturated heterocycles. The van der Waals surface area contributed by atoms with Gasteiger partial charge in [-0.15, -0.1) is 11.3 Å². The molecular formula is C28H23N3O3S. The monoisotopic (exact) mass is 481 g/mol. The van der Waals surface area contributed by atoms with Crippen molar-refractivity contribution < 1.29 is 9.53 Å². The van der Waals surface area contributed by atoms with Crippen LogP contribution in [0.4, 0.5) is 0 Å². The van der Waals surface area contributed by atoms with E-state index in [0.717, 1.165) is 22.5 Å². The van der Waals surface area contributed by atoms with Crippen LogP contribution in [0.2, 0.25) is 0 Å². The summed E-state index contributed by atoms with van der Waals surface area (Å²) in [7, 11) is 1.59. The van der Waals surface area contributed by atoms with E-state index in [1.807, 2.05) is 78.9 Å². The van der Waals surface area contributed by atoms with Gasteiger partial charge >= 0.3 is 0 Å². The van der Waals surface area contributed by atoms with Crippen molar-refractivity contribution in [1.29, 1.82) is 5.26 Å². The second kappa shape index (κ2) is 11.1. The van der Waals surface area contributed by atoms with E-state index < -0.39 is 5.91 Å². The van der Waals surface area contributed by atoms with Crippen molar-refractivity contribution in [2.24, 2.45) is 0 Å². The largest absolute Gasteiger partial charge is 0.497 e. The molecule has 1 heterocycles. The van der Waals surface area contributed by atoms with Crippen molar-refractivity contribution in [1.82, 2.24) is 9.88 Å². The number of aromatic nitrogens is 1. The number of ether oxygens (including phenoxy) is 1. The molecule has 6 nitrogen and oxygen atoms in total. The third-order valence-electron chi connectivity index (χ3n) is 5.35. The molecule has 174 valence electrons. The third kappa shape index (κ3) is 5.57. The summed E-state index contributed by atoms with van der Waals surface area (Å²) < 4.78 is 7.33. The van der Waals surface area contributed by atoms with Crippen molar-refractivity contribution in [3.05, 3.63) is 116 Å². The molecule has 3 aromatic carbocycles. The standard InChI is InChI=1S/C28H23N3O3S/c1-34-23-14-12-21(13-15-23)18-25-27(33)31(22-10-6-3-7-11-22)28(35-25)24(19-29)26(32)30-17-16-20-8-4-2-5-9-20/h2-15,18H,16-17H2,1H3,(H,30,32)/b25-18+,28-24-. The van der Waals surface area contributed by atoms with Gasteiger partial charge in [-0.05, 0) is 47.9 Å². The number of rotatable bonds is 7. The summed E-state index contributed by atoms with van der Waals surface area (Å²) in [6.07, 6.45) is 2.38. The third-order valence-corrected chi connectivity index (χ3v) is 6.44. The number of carbonyl (C=O) groups excluding carboxylic acids is 1. The first-order valence-electron chi connectivity index (χ1n) is 11.0. The minimum Gasteiger partial charge on any atom is -0.497 e. The number of nitriles is 1. The lowest BCUT2D eigenvalue weighted by atomic mass is 10.1. The number of carbonyl (C=O) groups is 1. The van der Waals surface area contributed by atoms with Crippen molar-refractivity contribution in [2.45, 2.75) is 6.42 Å². The highest BCUT2D eigenvalue weighted by atomic mass is 32.1. The zero-order valence-electron chi connectivity index (χ0n) is 19.1. The van der Waals surface area contributed by atoms with Crippen LogP contribution >= 0.6 is 11.3 Å². The van der Waals surface area contributed by atoms with E-state index in [0.29, 0.717) is 33.6 Å². The normalized spacial score (nSPS) is 12.1. The van der Waals surface area contributed by atoms with Gasteiger partial charge in [0.2, 0.25) is 0 Å². The van der Waals surface area contributed by atoms with Crippen LogP contribution in [0.1, 0.15) is 11.1 Å². The predicted octanol–water partition coefficient (Wildman–Crippen LogP) is 2.77. The summed E-state index contributed by atoms with van der Waals surface area (Å²) >= 11 is 1.12. The smallest absolute Gasteiger partial charge is 0.273 e. The highest BCUT2D eigenvalue weighted by molar-refractivity contribution is 7.07. The first-order valence-corrected chi connectivity index (χ1v) is 11.8. The lowest BCUT2D eigenvalue weighted by Crippen LogP contribution is -2.34. The maximum Gasteiger partial charge on any atom is 0.273 e. The van der Waals surface area contributed by atoms with Crippen LogP contribution in [0, 0.1) is 11.3 Å². The quantitative estimate of drug-likeness (QED) is 0.440. The van der Waals surface area contributed by atoms with Gasteiger partial charge in [0.25, 0.3) is 11.5 Å². The highest BCUT2D eigenvalue weighted by Gasteiger charge is 2.16. The van der Waals surface area contributed by atoms with Crippen molar-refractivity contribution in [3.8, 4) is 17.5 Å². The lowest BCUT2D eigenvalue weighted by Gasteiger charge is -2.06. The van der Waals surface area contributed by atoms with Crippen molar-refractivity contribution >= 4 is 28.9 Å². The summed E-state index contributed by atoms with van der Waals surface area (Å²) in [6.45, 7) is 0.375.